The molecule has 0 fully saturated rings. The van der Waals surface area contributed by atoms with Crippen molar-refractivity contribution < 1.29 is 14.1 Å². The van der Waals surface area contributed by atoms with Crippen LogP contribution < -0.4 is 10.0 Å². The summed E-state index contributed by atoms with van der Waals surface area (Å²) in [4.78, 5) is 11.0. The number of ketones is 1. The molecule has 0 saturated heterocycles. The minimum atomic E-state index is -0.0211. The maximum Gasteiger partial charge on any atom is 0.192 e. The summed E-state index contributed by atoms with van der Waals surface area (Å²) in [5.74, 6) is 0.764. The second-order valence-corrected chi connectivity index (χ2v) is 3.59. The van der Waals surface area contributed by atoms with Crippen LogP contribution in [0.1, 0.15) is 5.56 Å². The molecule has 0 amide bonds. The average molecular weight is 194 g/mol. The number of Topliss-reactive ketones (excluding diaryl/α,β-unsaturated/α-hetero) is 1. The van der Waals surface area contributed by atoms with Crippen molar-refractivity contribution in [1.29, 1.82) is 0 Å². The molecule has 1 aromatic carbocycles. The van der Waals surface area contributed by atoms with Gasteiger partial charge >= 0.3 is 0 Å². The third kappa shape index (κ3) is 1.61. The molecule has 1 aromatic rings. The largest absolute Gasteiger partial charge is 0.485 e. The Kier molecular flexibility index (Phi) is 2.11. The molecule has 0 saturated carbocycles. The first-order valence-electron chi connectivity index (χ1n) is 3.90. The van der Waals surface area contributed by atoms with Crippen LogP contribution in [0.2, 0.25) is 0 Å². The zero-order valence-electron chi connectivity index (χ0n) is 6.82. The molecule has 0 aromatic heterocycles. The fourth-order valence-electron chi connectivity index (χ4n) is 1.30. The highest BCUT2D eigenvalue weighted by Gasteiger charge is 2.16. The first-order chi connectivity index (χ1) is 6.29. The predicted molar refractivity (Wildman–Crippen MR) is 47.9 cm³/mol. The number of benzene rings is 1. The maximum absolute atomic E-state index is 11.0. The lowest BCUT2D eigenvalue weighted by Crippen LogP contribution is -2.20. The number of hydrogen-bond acceptors (Lipinski definition) is 3. The van der Waals surface area contributed by atoms with E-state index in [1.807, 2.05) is 0 Å². The lowest BCUT2D eigenvalue weighted by atomic mass is 10.1. The number of fused-ring (bicyclic) bond motifs is 1. The standard InChI is InChI=1S/C9H7O3P/c10-7-3-6-1-2-8(13-11)4-9(6)12-5-7/h1-2,4H,3,5H2. The van der Waals surface area contributed by atoms with E-state index in [9.17, 15) is 9.36 Å². The van der Waals surface area contributed by atoms with Gasteiger partial charge in [0, 0.05) is 17.3 Å². The zero-order chi connectivity index (χ0) is 9.26. The highest BCUT2D eigenvalue weighted by Crippen LogP contribution is 2.22. The Hall–Kier alpha value is -1.21. The number of ether oxygens (including phenoxy) is 1. The smallest absolute Gasteiger partial charge is 0.192 e. The molecule has 0 bridgehead atoms. The van der Waals surface area contributed by atoms with Crippen molar-refractivity contribution in [2.75, 3.05) is 6.61 Å². The average Bonchev–Trinajstić information content (AvgIpc) is 2.17. The van der Waals surface area contributed by atoms with E-state index in [2.05, 4.69) is 0 Å². The Morgan fingerprint density at radius 3 is 3.00 bits per heavy atom. The van der Waals surface area contributed by atoms with Crippen LogP contribution in [-0.4, -0.2) is 12.4 Å². The van der Waals surface area contributed by atoms with E-state index in [0.717, 1.165) is 5.56 Å². The lowest BCUT2D eigenvalue weighted by Gasteiger charge is -2.15. The summed E-state index contributed by atoms with van der Waals surface area (Å²) in [5, 5.41) is 0.674. The van der Waals surface area contributed by atoms with Gasteiger partial charge < -0.3 is 4.74 Å². The molecule has 0 aliphatic carbocycles. The first kappa shape index (κ1) is 8.39. The van der Waals surface area contributed by atoms with Gasteiger partial charge in [-0.2, -0.15) is 0 Å². The normalized spacial score (nSPS) is 15.2. The van der Waals surface area contributed by atoms with Crippen molar-refractivity contribution in [1.82, 2.24) is 0 Å². The molecule has 1 aliphatic heterocycles. The molecule has 0 radical (unpaired) electrons. The van der Waals surface area contributed by atoms with E-state index in [1.165, 1.54) is 0 Å². The molecule has 4 heteroatoms. The summed E-state index contributed by atoms with van der Waals surface area (Å²) >= 11 is 0. The second kappa shape index (κ2) is 3.27. The van der Waals surface area contributed by atoms with Crippen molar-refractivity contribution in [3.05, 3.63) is 23.8 Å². The molecule has 0 N–H and O–H groups in total. The van der Waals surface area contributed by atoms with Crippen LogP contribution in [0.3, 0.4) is 0 Å². The molecule has 1 aliphatic rings. The number of carbonyl (C=O) groups is 1. The van der Waals surface area contributed by atoms with E-state index in [-0.39, 0.29) is 20.9 Å². The minimum Gasteiger partial charge on any atom is -0.485 e. The van der Waals surface area contributed by atoms with Gasteiger partial charge in [0.25, 0.3) is 0 Å². The maximum atomic E-state index is 11.0. The molecule has 3 nitrogen and oxygen atoms in total. The SMILES string of the molecule is O=Pc1ccc2c(c1)OCC(=O)C2. The van der Waals surface area contributed by atoms with E-state index in [1.54, 1.807) is 18.2 Å². The van der Waals surface area contributed by atoms with E-state index in [4.69, 9.17) is 4.74 Å². The molecule has 0 spiro atoms. The van der Waals surface area contributed by atoms with Gasteiger partial charge in [0.05, 0.1) is 0 Å². The molecule has 0 atom stereocenters. The molecular formula is C9H7O3P. The van der Waals surface area contributed by atoms with Gasteiger partial charge in [0.1, 0.15) is 12.4 Å². The summed E-state index contributed by atoms with van der Waals surface area (Å²) in [6.07, 6.45) is 0.422. The van der Waals surface area contributed by atoms with Crippen molar-refractivity contribution >= 4 is 19.5 Å². The van der Waals surface area contributed by atoms with Crippen molar-refractivity contribution in [3.63, 3.8) is 0 Å². The molecule has 1 heterocycles. The molecule has 13 heavy (non-hydrogen) atoms. The number of hydrogen-bond donors (Lipinski definition) is 0. The van der Waals surface area contributed by atoms with Crippen molar-refractivity contribution in [2.24, 2.45) is 0 Å². The van der Waals surface area contributed by atoms with Crippen LogP contribution in [0.25, 0.3) is 0 Å². The monoisotopic (exact) mass is 194 g/mol. The highest BCUT2D eigenvalue weighted by molar-refractivity contribution is 7.34. The second-order valence-electron chi connectivity index (χ2n) is 2.89. The van der Waals surface area contributed by atoms with Crippen LogP contribution in [0, 0.1) is 0 Å². The van der Waals surface area contributed by atoms with Gasteiger partial charge in [-0.1, -0.05) is 6.07 Å². The molecular weight excluding hydrogens is 187 g/mol. The van der Waals surface area contributed by atoms with E-state index >= 15 is 0 Å². The minimum absolute atomic E-state index is 0.0211. The zero-order valence-corrected chi connectivity index (χ0v) is 7.71. The highest BCUT2D eigenvalue weighted by atomic mass is 31.1. The van der Waals surface area contributed by atoms with Gasteiger partial charge in [0.15, 0.2) is 14.2 Å². The van der Waals surface area contributed by atoms with Crippen molar-refractivity contribution in [2.45, 2.75) is 6.42 Å². The Balaban J connectivity index is 2.42. The lowest BCUT2D eigenvalue weighted by molar-refractivity contribution is -0.121. The quantitative estimate of drug-likeness (QED) is 0.629. The third-order valence-corrected chi connectivity index (χ3v) is 2.42. The Morgan fingerprint density at radius 2 is 2.23 bits per heavy atom. The van der Waals surface area contributed by atoms with E-state index < -0.39 is 0 Å². The van der Waals surface area contributed by atoms with Gasteiger partial charge in [0.2, 0.25) is 0 Å². The van der Waals surface area contributed by atoms with Crippen LogP contribution in [0.5, 0.6) is 5.75 Å². The van der Waals surface area contributed by atoms with Crippen LogP contribution >= 0.6 is 8.46 Å². The van der Waals surface area contributed by atoms with Gasteiger partial charge in [-0.15, -0.1) is 0 Å². The number of carbonyl (C=O) groups excluding carboxylic acids is 1. The predicted octanol–water partition coefficient (Wildman–Crippen LogP) is 1.11. The van der Waals surface area contributed by atoms with Gasteiger partial charge in [-0.3, -0.25) is 9.36 Å². The molecule has 0 unspecified atom stereocenters. The molecule has 2 rings (SSSR count). The first-order valence-corrected chi connectivity index (χ1v) is 4.71. The van der Waals surface area contributed by atoms with Gasteiger partial charge in [-0.25, -0.2) is 0 Å². The summed E-state index contributed by atoms with van der Waals surface area (Å²) in [5.41, 5.74) is 0.878. The van der Waals surface area contributed by atoms with Crippen LogP contribution in [0.15, 0.2) is 18.2 Å². The van der Waals surface area contributed by atoms with Crippen LogP contribution in [-0.2, 0) is 15.8 Å². The Labute approximate surface area is 76.9 Å². The van der Waals surface area contributed by atoms with E-state index in [0.29, 0.717) is 17.5 Å². The fourth-order valence-corrected chi connectivity index (χ4v) is 1.61. The summed E-state index contributed by atoms with van der Waals surface area (Å²) < 4.78 is 15.7. The summed E-state index contributed by atoms with van der Waals surface area (Å²) in [7, 11) is -0.0211. The number of rotatable bonds is 1. The molecule has 66 valence electrons. The van der Waals surface area contributed by atoms with Crippen LogP contribution in [0.4, 0.5) is 0 Å². The Morgan fingerprint density at radius 1 is 1.38 bits per heavy atom. The Bertz CT molecular complexity index is 373. The third-order valence-electron chi connectivity index (χ3n) is 1.93. The van der Waals surface area contributed by atoms with Gasteiger partial charge in [-0.05, 0) is 12.1 Å². The fraction of sp³-hybridized carbons (Fsp3) is 0.222. The topological polar surface area (TPSA) is 43.4 Å². The van der Waals surface area contributed by atoms with Crippen molar-refractivity contribution in [3.8, 4) is 5.75 Å². The summed E-state index contributed by atoms with van der Waals surface area (Å²) in [6, 6.07) is 5.22. The summed E-state index contributed by atoms with van der Waals surface area (Å²) in [6.45, 7) is 0.131.